The summed E-state index contributed by atoms with van der Waals surface area (Å²) in [5, 5.41) is -0.0606. The van der Waals surface area contributed by atoms with E-state index in [0.717, 1.165) is 27.4 Å². The molecule has 32 heavy (non-hydrogen) atoms. The molecule has 0 unspecified atom stereocenters. The summed E-state index contributed by atoms with van der Waals surface area (Å²) in [7, 11) is 0. The molecule has 0 saturated heterocycles. The Morgan fingerprint density at radius 1 is 0.594 bits per heavy atom. The number of pyridine rings is 1. The molecule has 0 atom stereocenters. The fraction of sp³-hybridized carbons (Fsp3) is 0. The summed E-state index contributed by atoms with van der Waals surface area (Å²) in [5.74, 6) is -1.26. The molecular formula is C27H19BrF2NP. The van der Waals surface area contributed by atoms with Gasteiger partial charge in [-0.2, -0.15) is 0 Å². The van der Waals surface area contributed by atoms with Crippen LogP contribution in [0.3, 0.4) is 0 Å². The van der Waals surface area contributed by atoms with Crippen LogP contribution in [0.15, 0.2) is 115 Å². The van der Waals surface area contributed by atoms with Crippen molar-refractivity contribution in [3.05, 3.63) is 127 Å². The van der Waals surface area contributed by atoms with Crippen LogP contribution in [0.5, 0.6) is 0 Å². The van der Waals surface area contributed by atoms with Crippen LogP contribution >= 0.6 is 20.8 Å². The van der Waals surface area contributed by atoms with Gasteiger partial charge in [0.2, 0.25) is 0 Å². The third-order valence-electron chi connectivity index (χ3n) is 5.86. The van der Waals surface area contributed by atoms with Gasteiger partial charge in [-0.05, 0) is 0 Å². The molecule has 1 aromatic heterocycles. The molecule has 5 aromatic rings. The standard InChI is InChI=1S/C27H19BrF2NP/c28-32(21-10-4-1-5-11-21,22-12-6-2-7-13-22,23-14-8-3-9-15-23)27-17-16-24-25(30)18-20(29)19-26(24)31-27/h1-19H. The zero-order chi connectivity index (χ0) is 22.2. The summed E-state index contributed by atoms with van der Waals surface area (Å²) < 4.78 is 28.6. The topological polar surface area (TPSA) is 12.9 Å². The molecule has 0 radical (unpaired) electrons. The Kier molecular flexibility index (Phi) is 5.16. The first-order valence-electron chi connectivity index (χ1n) is 10.2. The number of rotatable bonds is 4. The Hall–Kier alpha value is -2.94. The molecular weight excluding hydrogens is 487 g/mol. The van der Waals surface area contributed by atoms with E-state index in [4.69, 9.17) is 4.98 Å². The van der Waals surface area contributed by atoms with Crippen molar-refractivity contribution in [3.63, 3.8) is 0 Å². The van der Waals surface area contributed by atoms with Gasteiger partial charge in [-0.15, -0.1) is 0 Å². The number of nitrogens with zero attached hydrogens (tertiary/aromatic N) is 1. The summed E-state index contributed by atoms with van der Waals surface area (Å²) in [4.78, 5) is 4.90. The second-order valence-electron chi connectivity index (χ2n) is 7.64. The van der Waals surface area contributed by atoms with Crippen molar-refractivity contribution in [1.82, 2.24) is 4.98 Å². The first-order valence-corrected chi connectivity index (χ1v) is 14.4. The molecule has 0 N–H and O–H groups in total. The van der Waals surface area contributed by atoms with Crippen molar-refractivity contribution in [3.8, 4) is 0 Å². The van der Waals surface area contributed by atoms with Gasteiger partial charge in [0.1, 0.15) is 0 Å². The van der Waals surface area contributed by atoms with E-state index in [1.807, 2.05) is 60.7 Å². The Bertz CT molecular complexity index is 1310. The molecule has 1 nitrogen and oxygen atoms in total. The van der Waals surface area contributed by atoms with Crippen molar-refractivity contribution in [2.24, 2.45) is 0 Å². The number of benzene rings is 4. The normalized spacial score (nSPS) is 12.9. The predicted octanol–water partition coefficient (Wildman–Crippen LogP) is 5.98. The zero-order valence-electron chi connectivity index (χ0n) is 17.0. The summed E-state index contributed by atoms with van der Waals surface area (Å²) in [6, 6.07) is 36.2. The molecule has 1 heterocycles. The first kappa shape index (κ1) is 20.9. The van der Waals surface area contributed by atoms with E-state index in [1.165, 1.54) is 6.07 Å². The number of halogens is 3. The van der Waals surface area contributed by atoms with Crippen LogP contribution in [0.4, 0.5) is 8.78 Å². The number of fused-ring (bicyclic) bond motifs is 1. The fourth-order valence-electron chi connectivity index (χ4n) is 4.35. The van der Waals surface area contributed by atoms with Crippen LogP contribution in [0.2, 0.25) is 0 Å². The fourth-order valence-corrected chi connectivity index (χ4v) is 11.6. The zero-order valence-corrected chi connectivity index (χ0v) is 19.5. The first-order chi connectivity index (χ1) is 15.5. The van der Waals surface area contributed by atoms with E-state index in [1.54, 1.807) is 6.07 Å². The van der Waals surface area contributed by atoms with Gasteiger partial charge in [0, 0.05) is 0 Å². The molecule has 158 valence electrons. The quantitative estimate of drug-likeness (QED) is 0.274. The minimum atomic E-state index is -3.52. The van der Waals surface area contributed by atoms with Crippen molar-refractivity contribution >= 4 is 53.0 Å². The van der Waals surface area contributed by atoms with Crippen molar-refractivity contribution in [2.75, 3.05) is 0 Å². The van der Waals surface area contributed by atoms with Crippen LogP contribution in [0.25, 0.3) is 10.9 Å². The molecule has 0 fully saturated rings. The summed E-state index contributed by atoms with van der Waals surface area (Å²) in [6.45, 7) is 0. The van der Waals surface area contributed by atoms with Gasteiger partial charge in [0.25, 0.3) is 0 Å². The average molecular weight is 506 g/mol. The van der Waals surface area contributed by atoms with Crippen LogP contribution in [0.1, 0.15) is 0 Å². The molecule has 0 aliphatic carbocycles. The third-order valence-corrected chi connectivity index (χ3v) is 15.5. The Morgan fingerprint density at radius 3 is 1.53 bits per heavy atom. The maximum atomic E-state index is 14.5. The second kappa shape index (κ2) is 7.88. The molecule has 0 spiro atoms. The van der Waals surface area contributed by atoms with E-state index in [-0.39, 0.29) is 5.52 Å². The van der Waals surface area contributed by atoms with Gasteiger partial charge in [0.15, 0.2) is 0 Å². The summed E-state index contributed by atoms with van der Waals surface area (Å²) in [5.41, 5.74) is 1.02. The van der Waals surface area contributed by atoms with E-state index in [9.17, 15) is 8.78 Å². The van der Waals surface area contributed by atoms with E-state index in [2.05, 4.69) is 51.9 Å². The Morgan fingerprint density at radius 2 is 1.06 bits per heavy atom. The number of aromatic nitrogens is 1. The second-order valence-corrected chi connectivity index (χ2v) is 15.9. The molecule has 0 saturated carbocycles. The van der Waals surface area contributed by atoms with E-state index in [0.29, 0.717) is 5.39 Å². The van der Waals surface area contributed by atoms with Gasteiger partial charge in [-0.25, -0.2) is 0 Å². The van der Waals surface area contributed by atoms with Crippen LogP contribution in [-0.2, 0) is 0 Å². The molecule has 0 bridgehead atoms. The minimum absolute atomic E-state index is 0.288. The molecule has 5 heteroatoms. The van der Waals surface area contributed by atoms with Crippen LogP contribution < -0.4 is 21.3 Å². The van der Waals surface area contributed by atoms with Crippen molar-refractivity contribution in [2.45, 2.75) is 0 Å². The molecule has 0 amide bonds. The van der Waals surface area contributed by atoms with Gasteiger partial charge in [-0.1, -0.05) is 0 Å². The third kappa shape index (κ3) is 3.02. The van der Waals surface area contributed by atoms with Crippen molar-refractivity contribution in [1.29, 1.82) is 0 Å². The average Bonchev–Trinajstić information content (AvgIpc) is 2.85. The number of hydrogen-bond donors (Lipinski definition) is 0. The molecule has 0 aliphatic heterocycles. The summed E-state index contributed by atoms with van der Waals surface area (Å²) >= 11 is 4.33. The Labute approximate surface area is 193 Å². The Balaban J connectivity index is 1.99. The SMILES string of the molecule is Fc1cc(F)c2ccc(P(Br)(c3ccccc3)(c3ccccc3)c3ccccc3)nc2c1. The van der Waals surface area contributed by atoms with E-state index >= 15 is 0 Å². The van der Waals surface area contributed by atoms with Gasteiger partial charge in [0.05, 0.1) is 0 Å². The van der Waals surface area contributed by atoms with E-state index < -0.39 is 16.9 Å². The van der Waals surface area contributed by atoms with Gasteiger partial charge < -0.3 is 0 Å². The van der Waals surface area contributed by atoms with Crippen molar-refractivity contribution < 1.29 is 8.78 Å². The van der Waals surface area contributed by atoms with Crippen LogP contribution in [0, 0.1) is 11.6 Å². The maximum absolute atomic E-state index is 14.5. The summed E-state index contributed by atoms with van der Waals surface area (Å²) in [6.07, 6.45) is 0. The monoisotopic (exact) mass is 505 g/mol. The predicted molar refractivity (Wildman–Crippen MR) is 135 cm³/mol. The number of hydrogen-bond acceptors (Lipinski definition) is 1. The van der Waals surface area contributed by atoms with Gasteiger partial charge >= 0.3 is 194 Å². The molecule has 4 aromatic carbocycles. The van der Waals surface area contributed by atoms with Crippen LogP contribution in [-0.4, -0.2) is 4.98 Å². The molecule has 5 rings (SSSR count). The molecule has 0 aliphatic rings. The van der Waals surface area contributed by atoms with Gasteiger partial charge in [-0.3, -0.25) is 0 Å².